The van der Waals surface area contributed by atoms with Crippen LogP contribution in [-0.4, -0.2) is 19.9 Å². The maximum Gasteiger partial charge on any atom is 0.164 e. The lowest BCUT2D eigenvalue weighted by Crippen LogP contribution is -2.01. The maximum atomic E-state index is 6.60. The Morgan fingerprint density at radius 2 is 1.09 bits per heavy atom. The van der Waals surface area contributed by atoms with Gasteiger partial charge in [-0.15, -0.1) is 0 Å². The molecular weight excluding hydrogens is 701 g/mol. The fourth-order valence-corrected chi connectivity index (χ4v) is 7.68. The van der Waals surface area contributed by atoms with Gasteiger partial charge in [0.1, 0.15) is 22.5 Å². The minimum atomic E-state index is 0.530. The van der Waals surface area contributed by atoms with Gasteiger partial charge in [0.15, 0.2) is 17.5 Å². The summed E-state index contributed by atoms with van der Waals surface area (Å²) >= 11 is 0. The predicted octanol–water partition coefficient (Wildman–Crippen LogP) is 13.6. The molecule has 0 N–H and O–H groups in total. The van der Waals surface area contributed by atoms with Crippen LogP contribution in [0.15, 0.2) is 179 Å². The van der Waals surface area contributed by atoms with Crippen molar-refractivity contribution < 1.29 is 8.83 Å². The zero-order chi connectivity index (χ0) is 38.3. The Bertz CT molecular complexity index is 3160. The van der Waals surface area contributed by atoms with Gasteiger partial charge in [0.25, 0.3) is 0 Å². The summed E-state index contributed by atoms with van der Waals surface area (Å²) in [5, 5.41) is 3.11. The molecule has 6 aromatic carbocycles. The van der Waals surface area contributed by atoms with E-state index in [0.29, 0.717) is 17.5 Å². The Kier molecular flexibility index (Phi) is 8.42. The van der Waals surface area contributed by atoms with E-state index in [-0.39, 0.29) is 0 Å². The molecule has 57 heavy (non-hydrogen) atoms. The summed E-state index contributed by atoms with van der Waals surface area (Å²) < 4.78 is 13.2. The lowest BCUT2D eigenvalue weighted by Gasteiger charge is -2.14. The molecule has 0 radical (unpaired) electrons. The second-order valence-corrected chi connectivity index (χ2v) is 13.8. The summed E-state index contributed by atoms with van der Waals surface area (Å²) in [5.41, 5.74) is 11.5. The topological polar surface area (TPSA) is 77.8 Å². The third-order valence-electron chi connectivity index (χ3n) is 10.3. The van der Waals surface area contributed by atoms with Gasteiger partial charge in [-0.1, -0.05) is 134 Å². The van der Waals surface area contributed by atoms with E-state index in [1.807, 2.05) is 110 Å². The Labute approximate surface area is 329 Å². The van der Waals surface area contributed by atoms with Crippen LogP contribution in [0.5, 0.6) is 0 Å². The van der Waals surface area contributed by atoms with Crippen molar-refractivity contribution in [3.63, 3.8) is 0 Å². The maximum absolute atomic E-state index is 6.60. The number of hydrogen-bond donors (Lipinski definition) is 0. The highest BCUT2D eigenvalue weighted by atomic mass is 16.3. The van der Waals surface area contributed by atoms with E-state index in [0.717, 1.165) is 94.4 Å². The molecule has 4 heterocycles. The van der Waals surface area contributed by atoms with Crippen LogP contribution in [-0.2, 0) is 0 Å². The van der Waals surface area contributed by atoms with Crippen LogP contribution in [0, 0.1) is 0 Å². The van der Waals surface area contributed by atoms with Crippen LogP contribution in [0.1, 0.15) is 18.2 Å². The van der Waals surface area contributed by atoms with Crippen molar-refractivity contribution in [1.29, 1.82) is 0 Å². The monoisotopic (exact) mass is 734 g/mol. The molecule has 10 rings (SSSR count). The van der Waals surface area contributed by atoms with Gasteiger partial charge in [-0.2, -0.15) is 0 Å². The van der Waals surface area contributed by atoms with E-state index in [2.05, 4.69) is 78.3 Å². The fraction of sp³-hybridized carbons (Fsp3) is 0.0196. The molecule has 0 unspecified atom stereocenters. The molecule has 0 aliphatic rings. The third kappa shape index (κ3) is 6.01. The fourth-order valence-electron chi connectivity index (χ4n) is 7.68. The van der Waals surface area contributed by atoms with Crippen molar-refractivity contribution in [3.8, 4) is 67.7 Å². The second kappa shape index (κ2) is 14.2. The van der Waals surface area contributed by atoms with Crippen LogP contribution < -0.4 is 0 Å². The van der Waals surface area contributed by atoms with E-state index in [9.17, 15) is 0 Å². The van der Waals surface area contributed by atoms with Crippen LogP contribution >= 0.6 is 0 Å². The number of nitrogens with zero attached hydrogens (tertiary/aromatic N) is 4. The van der Waals surface area contributed by atoms with E-state index >= 15 is 0 Å². The molecule has 0 amide bonds. The molecule has 0 saturated carbocycles. The summed E-state index contributed by atoms with van der Waals surface area (Å²) in [6, 6.07) is 51.2. The summed E-state index contributed by atoms with van der Waals surface area (Å²) in [7, 11) is 0. The lowest BCUT2D eigenvalue weighted by molar-refractivity contribution is 0.604. The quantitative estimate of drug-likeness (QED) is 0.155. The molecular formula is C51H34N4O2. The number of rotatable bonds is 8. The van der Waals surface area contributed by atoms with Gasteiger partial charge < -0.3 is 8.83 Å². The molecule has 6 nitrogen and oxygen atoms in total. The summed E-state index contributed by atoms with van der Waals surface area (Å²) in [5.74, 6) is 2.41. The van der Waals surface area contributed by atoms with Crippen molar-refractivity contribution in [3.05, 3.63) is 182 Å². The largest absolute Gasteiger partial charge is 0.455 e. The average molecular weight is 735 g/mol. The van der Waals surface area contributed by atoms with Crippen LogP contribution in [0.3, 0.4) is 0 Å². The van der Waals surface area contributed by atoms with Gasteiger partial charge >= 0.3 is 0 Å². The number of para-hydroxylation sites is 3. The molecule has 0 atom stereocenters. The van der Waals surface area contributed by atoms with Gasteiger partial charge in [-0.05, 0) is 60.5 Å². The van der Waals surface area contributed by atoms with E-state index in [4.69, 9.17) is 23.8 Å². The van der Waals surface area contributed by atoms with Gasteiger partial charge in [0.2, 0.25) is 0 Å². The number of pyridine rings is 1. The Hall–Kier alpha value is -7.70. The molecule has 0 saturated heterocycles. The predicted molar refractivity (Wildman–Crippen MR) is 232 cm³/mol. The molecule has 10 aromatic rings. The second-order valence-electron chi connectivity index (χ2n) is 13.8. The summed E-state index contributed by atoms with van der Waals surface area (Å²) in [6.45, 7) is 6.10. The standard InChI is InChI=1S/C51H34N4O2/c1-3-16-45-36(4-2)41-24-14-22-37(47(41)56-45)33-29-34(38-23-15-25-42-40-20-10-11-27-46(40)57-48(38)42)31-35(30-33)50-53-49(32-17-6-5-7-18-32)54-51(55-50)43-21-9-8-19-39(43)44-26-12-13-28-52-44/h3-31H,2H2,1H3/b16-3-. The molecule has 0 fully saturated rings. The molecule has 0 spiro atoms. The SMILES string of the molecule is C=Cc1c(/C=C\C)oc2c(-c3cc(-c4nc(-c5ccccc5)nc(-c5ccccc5-c5ccccn5)n4)cc(-c4cccc5c4oc4ccccc45)c3)cccc12. The number of fused-ring (bicyclic) bond motifs is 4. The number of furan rings is 2. The smallest absolute Gasteiger partial charge is 0.164 e. The Morgan fingerprint density at radius 1 is 0.491 bits per heavy atom. The first-order chi connectivity index (χ1) is 28.2. The first-order valence-electron chi connectivity index (χ1n) is 18.9. The van der Waals surface area contributed by atoms with Gasteiger partial charge in [-0.3, -0.25) is 4.98 Å². The molecule has 4 aromatic heterocycles. The number of benzene rings is 6. The zero-order valence-corrected chi connectivity index (χ0v) is 31.1. The minimum absolute atomic E-state index is 0.530. The molecule has 0 bridgehead atoms. The lowest BCUT2D eigenvalue weighted by atomic mass is 9.93. The summed E-state index contributed by atoms with van der Waals surface area (Å²) in [4.78, 5) is 20.2. The van der Waals surface area contributed by atoms with E-state index in [1.54, 1.807) is 6.20 Å². The van der Waals surface area contributed by atoms with Crippen LogP contribution in [0.2, 0.25) is 0 Å². The molecule has 0 aliphatic heterocycles. The molecule has 6 heteroatoms. The zero-order valence-electron chi connectivity index (χ0n) is 31.1. The Balaban J connectivity index is 1.26. The number of hydrogen-bond acceptors (Lipinski definition) is 6. The molecule has 270 valence electrons. The average Bonchev–Trinajstić information content (AvgIpc) is 3.84. The summed E-state index contributed by atoms with van der Waals surface area (Å²) in [6.07, 6.45) is 7.61. The van der Waals surface area contributed by atoms with Crippen molar-refractivity contribution in [2.24, 2.45) is 0 Å². The first-order valence-corrected chi connectivity index (χ1v) is 18.9. The van der Waals surface area contributed by atoms with Gasteiger partial charge in [0, 0.05) is 61.3 Å². The normalized spacial score (nSPS) is 11.6. The van der Waals surface area contributed by atoms with Crippen molar-refractivity contribution in [1.82, 2.24) is 19.9 Å². The van der Waals surface area contributed by atoms with E-state index < -0.39 is 0 Å². The number of allylic oxidation sites excluding steroid dienone is 1. The Morgan fingerprint density at radius 3 is 1.82 bits per heavy atom. The first kappa shape index (κ1) is 33.8. The van der Waals surface area contributed by atoms with Crippen LogP contribution in [0.25, 0.3) is 113 Å². The van der Waals surface area contributed by atoms with Gasteiger partial charge in [0.05, 0.1) is 5.69 Å². The highest BCUT2D eigenvalue weighted by Gasteiger charge is 2.21. The van der Waals surface area contributed by atoms with Crippen molar-refractivity contribution in [2.45, 2.75) is 6.92 Å². The highest BCUT2D eigenvalue weighted by Crippen LogP contribution is 2.42. The van der Waals surface area contributed by atoms with E-state index in [1.165, 1.54) is 0 Å². The highest BCUT2D eigenvalue weighted by molar-refractivity contribution is 6.10. The minimum Gasteiger partial charge on any atom is -0.455 e. The third-order valence-corrected chi connectivity index (χ3v) is 10.3. The van der Waals surface area contributed by atoms with Crippen LogP contribution in [0.4, 0.5) is 0 Å². The number of aromatic nitrogens is 4. The van der Waals surface area contributed by atoms with Crippen molar-refractivity contribution in [2.75, 3.05) is 0 Å². The van der Waals surface area contributed by atoms with Gasteiger partial charge in [-0.25, -0.2) is 15.0 Å². The molecule has 0 aliphatic carbocycles. The van der Waals surface area contributed by atoms with Crippen molar-refractivity contribution >= 4 is 45.1 Å².